The highest BCUT2D eigenvalue weighted by molar-refractivity contribution is 7.89. The van der Waals surface area contributed by atoms with Crippen molar-refractivity contribution in [2.75, 3.05) is 5.32 Å². The second kappa shape index (κ2) is 6.49. The fourth-order valence-corrected chi connectivity index (χ4v) is 4.06. The number of benzene rings is 1. The van der Waals surface area contributed by atoms with E-state index in [1.165, 1.54) is 12.1 Å². The lowest BCUT2D eigenvalue weighted by atomic mass is 9.92. The molecule has 1 aromatic heterocycles. The molecule has 1 amide bonds. The Bertz CT molecular complexity index is 1010. The summed E-state index contributed by atoms with van der Waals surface area (Å²) in [6, 6.07) is 6.12. The molecule has 1 aromatic carbocycles. The maximum Gasteiger partial charge on any atom is 0.413 e. The Morgan fingerprint density at radius 1 is 1.26 bits per heavy atom. The van der Waals surface area contributed by atoms with Gasteiger partial charge in [0.05, 0.1) is 10.4 Å². The minimum Gasteiger partial charge on any atom is -0.444 e. The van der Waals surface area contributed by atoms with Gasteiger partial charge in [0, 0.05) is 5.54 Å². The molecule has 9 heteroatoms. The number of pyridine rings is 1. The minimum absolute atomic E-state index is 0.0440. The number of amides is 1. The van der Waals surface area contributed by atoms with Crippen LogP contribution in [0, 0.1) is 0 Å². The van der Waals surface area contributed by atoms with Crippen molar-refractivity contribution in [3.63, 3.8) is 0 Å². The summed E-state index contributed by atoms with van der Waals surface area (Å²) in [7, 11) is 2.31. The minimum atomic E-state index is -3.71. The first kappa shape index (κ1) is 19.6. The van der Waals surface area contributed by atoms with Gasteiger partial charge in [0.15, 0.2) is 0 Å². The first-order chi connectivity index (χ1) is 12.4. The van der Waals surface area contributed by atoms with Crippen molar-refractivity contribution in [2.24, 2.45) is 0 Å². The second-order valence-electron chi connectivity index (χ2n) is 8.07. The SMILES string of the molecule is [B]c1cc(S(=O)(=O)NC2(C)CC2)cc2nc(NC(=O)OC(C)(C)C)ccc12. The van der Waals surface area contributed by atoms with Crippen LogP contribution in [0.15, 0.2) is 29.2 Å². The Labute approximate surface area is 160 Å². The molecule has 0 atom stereocenters. The zero-order valence-corrected chi connectivity index (χ0v) is 16.6. The predicted octanol–water partition coefficient (Wildman–Crippen LogP) is 2.21. The van der Waals surface area contributed by atoms with Gasteiger partial charge < -0.3 is 4.74 Å². The van der Waals surface area contributed by atoms with E-state index in [4.69, 9.17) is 12.6 Å². The summed E-state index contributed by atoms with van der Waals surface area (Å²) >= 11 is 0. The maximum atomic E-state index is 12.6. The number of carbonyl (C=O) groups is 1. The zero-order chi connectivity index (χ0) is 20.0. The molecule has 0 aliphatic heterocycles. The van der Waals surface area contributed by atoms with Gasteiger partial charge in [-0.3, -0.25) is 5.32 Å². The third-order valence-corrected chi connectivity index (χ3v) is 5.75. The summed E-state index contributed by atoms with van der Waals surface area (Å²) in [5, 5.41) is 3.14. The number of nitrogens with one attached hydrogen (secondary N) is 2. The zero-order valence-electron chi connectivity index (χ0n) is 15.8. The molecule has 142 valence electrons. The summed E-state index contributed by atoms with van der Waals surface area (Å²) in [4.78, 5) is 16.3. The van der Waals surface area contributed by atoms with Crippen LogP contribution in [0.25, 0.3) is 10.9 Å². The first-order valence-electron chi connectivity index (χ1n) is 8.61. The molecular formula is C18H22BN3O4S. The average Bonchev–Trinajstić information content (AvgIpc) is 3.20. The van der Waals surface area contributed by atoms with Crippen LogP contribution in [0.1, 0.15) is 40.5 Å². The first-order valence-corrected chi connectivity index (χ1v) is 10.1. The number of rotatable bonds is 4. The topological polar surface area (TPSA) is 97.4 Å². The number of hydrogen-bond donors (Lipinski definition) is 2. The Hall–Kier alpha value is -2.13. The van der Waals surface area contributed by atoms with E-state index in [1.807, 2.05) is 6.92 Å². The van der Waals surface area contributed by atoms with Gasteiger partial charge in [0.2, 0.25) is 10.0 Å². The van der Waals surface area contributed by atoms with Crippen LogP contribution in [-0.2, 0) is 14.8 Å². The molecule has 0 unspecified atom stereocenters. The monoisotopic (exact) mass is 387 g/mol. The Balaban J connectivity index is 1.92. The van der Waals surface area contributed by atoms with Gasteiger partial charge >= 0.3 is 6.09 Å². The maximum absolute atomic E-state index is 12.6. The van der Waals surface area contributed by atoms with Gasteiger partial charge in [-0.25, -0.2) is 22.9 Å². The molecule has 1 heterocycles. The van der Waals surface area contributed by atoms with Gasteiger partial charge in [0.25, 0.3) is 0 Å². The third-order valence-electron chi connectivity index (χ3n) is 4.13. The van der Waals surface area contributed by atoms with Gasteiger partial charge in [-0.05, 0) is 70.2 Å². The van der Waals surface area contributed by atoms with Crippen molar-refractivity contribution in [3.8, 4) is 0 Å². The molecule has 1 aliphatic carbocycles. The number of fused-ring (bicyclic) bond motifs is 1. The molecule has 0 bridgehead atoms. The molecule has 1 aliphatic rings. The molecule has 0 saturated heterocycles. The molecule has 2 aromatic rings. The van der Waals surface area contributed by atoms with Gasteiger partial charge in [-0.15, -0.1) is 0 Å². The second-order valence-corrected chi connectivity index (χ2v) is 9.75. The van der Waals surface area contributed by atoms with Crippen molar-refractivity contribution < 1.29 is 17.9 Å². The van der Waals surface area contributed by atoms with Crippen LogP contribution in [0.5, 0.6) is 0 Å². The van der Waals surface area contributed by atoms with Gasteiger partial charge in [0.1, 0.15) is 19.3 Å². The van der Waals surface area contributed by atoms with E-state index < -0.39 is 27.3 Å². The summed E-state index contributed by atoms with van der Waals surface area (Å²) in [6.07, 6.45) is 0.962. The van der Waals surface area contributed by atoms with E-state index >= 15 is 0 Å². The number of aromatic nitrogens is 1. The fraction of sp³-hybridized carbons (Fsp3) is 0.444. The summed E-state index contributed by atoms with van der Waals surface area (Å²) in [6.45, 7) is 7.12. The number of anilines is 1. The number of nitrogens with zero attached hydrogens (tertiary/aromatic N) is 1. The van der Waals surface area contributed by atoms with Crippen molar-refractivity contribution >= 4 is 46.1 Å². The van der Waals surface area contributed by atoms with Gasteiger partial charge in [-0.1, -0.05) is 5.46 Å². The van der Waals surface area contributed by atoms with Crippen LogP contribution < -0.4 is 15.5 Å². The van der Waals surface area contributed by atoms with Crippen molar-refractivity contribution in [3.05, 3.63) is 24.3 Å². The van der Waals surface area contributed by atoms with Crippen LogP contribution in [0.2, 0.25) is 0 Å². The van der Waals surface area contributed by atoms with Crippen LogP contribution in [-0.4, -0.2) is 38.5 Å². The smallest absolute Gasteiger partial charge is 0.413 e. The Kier molecular flexibility index (Phi) is 4.72. The molecule has 3 rings (SSSR count). The standard InChI is InChI=1S/C18H22BN3O4S/c1-17(2,3)26-16(23)21-15-6-5-12-13(19)9-11(10-14(12)20-15)27(24,25)22-18(4)7-8-18/h5-6,9-10,22H,7-8H2,1-4H3,(H,20,21,23). The lowest BCUT2D eigenvalue weighted by Gasteiger charge is -2.19. The number of ether oxygens (including phenoxy) is 1. The summed E-state index contributed by atoms with van der Waals surface area (Å²) in [5.41, 5.74) is -0.372. The van der Waals surface area contributed by atoms with Crippen molar-refractivity contribution in [2.45, 2.75) is 56.6 Å². The Morgan fingerprint density at radius 2 is 1.93 bits per heavy atom. The normalized spacial score (nSPS) is 16.1. The van der Waals surface area contributed by atoms with E-state index in [9.17, 15) is 13.2 Å². The average molecular weight is 387 g/mol. The van der Waals surface area contributed by atoms with Gasteiger partial charge in [-0.2, -0.15) is 0 Å². The van der Waals surface area contributed by atoms with E-state index in [-0.39, 0.29) is 10.7 Å². The number of carbonyl (C=O) groups excluding carboxylic acids is 1. The molecule has 2 radical (unpaired) electrons. The molecule has 27 heavy (non-hydrogen) atoms. The lowest BCUT2D eigenvalue weighted by Crippen LogP contribution is -2.34. The van der Waals surface area contributed by atoms with E-state index in [0.29, 0.717) is 16.4 Å². The van der Waals surface area contributed by atoms with E-state index in [2.05, 4.69) is 15.0 Å². The van der Waals surface area contributed by atoms with Crippen LogP contribution in [0.4, 0.5) is 10.6 Å². The third kappa shape index (κ3) is 4.78. The quantitative estimate of drug-likeness (QED) is 0.784. The molecular weight excluding hydrogens is 365 g/mol. The summed E-state index contributed by atoms with van der Waals surface area (Å²) in [5.74, 6) is 0.243. The highest BCUT2D eigenvalue weighted by Crippen LogP contribution is 2.36. The number of sulfonamides is 1. The molecule has 1 saturated carbocycles. The molecule has 1 fully saturated rings. The van der Waals surface area contributed by atoms with Crippen molar-refractivity contribution in [1.82, 2.24) is 9.71 Å². The largest absolute Gasteiger partial charge is 0.444 e. The Morgan fingerprint density at radius 3 is 2.52 bits per heavy atom. The highest BCUT2D eigenvalue weighted by atomic mass is 32.2. The highest BCUT2D eigenvalue weighted by Gasteiger charge is 2.41. The number of hydrogen-bond acceptors (Lipinski definition) is 5. The lowest BCUT2D eigenvalue weighted by molar-refractivity contribution is 0.0635. The predicted molar refractivity (Wildman–Crippen MR) is 105 cm³/mol. The summed E-state index contributed by atoms with van der Waals surface area (Å²) < 4.78 is 33.1. The van der Waals surface area contributed by atoms with Crippen LogP contribution >= 0.6 is 0 Å². The van der Waals surface area contributed by atoms with Crippen molar-refractivity contribution in [1.29, 1.82) is 0 Å². The fourth-order valence-electron chi connectivity index (χ4n) is 2.54. The van der Waals surface area contributed by atoms with E-state index in [0.717, 1.165) is 12.8 Å². The molecule has 2 N–H and O–H groups in total. The molecule has 0 spiro atoms. The van der Waals surface area contributed by atoms with Crippen LogP contribution in [0.3, 0.4) is 0 Å². The van der Waals surface area contributed by atoms with E-state index in [1.54, 1.807) is 32.9 Å². The molecule has 7 nitrogen and oxygen atoms in total.